The van der Waals surface area contributed by atoms with E-state index >= 15 is 0 Å². The fourth-order valence-corrected chi connectivity index (χ4v) is 2.51. The van der Waals surface area contributed by atoms with Crippen LogP contribution in [0.2, 0.25) is 5.02 Å². The number of carbonyl (C=O) groups is 2. The third-order valence-electron chi connectivity index (χ3n) is 3.49. The molecule has 0 aliphatic carbocycles. The second-order valence-corrected chi connectivity index (χ2v) is 5.44. The van der Waals surface area contributed by atoms with Crippen LogP contribution in [0.25, 0.3) is 0 Å². The highest BCUT2D eigenvalue weighted by Crippen LogP contribution is 2.18. The van der Waals surface area contributed by atoms with Crippen LogP contribution in [0.5, 0.6) is 0 Å². The van der Waals surface area contributed by atoms with Crippen LogP contribution in [-0.2, 0) is 11.3 Å². The predicted molar refractivity (Wildman–Crippen MR) is 75.6 cm³/mol. The van der Waals surface area contributed by atoms with Gasteiger partial charge in [-0.3, -0.25) is 4.79 Å². The lowest BCUT2D eigenvalue weighted by molar-refractivity contribution is -0.143. The van der Waals surface area contributed by atoms with Crippen LogP contribution < -0.4 is 5.32 Å². The summed E-state index contributed by atoms with van der Waals surface area (Å²) < 4.78 is 13.0. The number of hydrogen-bond donors (Lipinski definition) is 2. The van der Waals surface area contributed by atoms with Crippen LogP contribution in [0.4, 0.5) is 9.18 Å². The van der Waals surface area contributed by atoms with Gasteiger partial charge in [-0.2, -0.15) is 0 Å². The summed E-state index contributed by atoms with van der Waals surface area (Å²) in [6.07, 6.45) is 1.26. The average molecular weight is 315 g/mol. The molecule has 2 rings (SSSR count). The van der Waals surface area contributed by atoms with E-state index in [1.54, 1.807) is 0 Å². The maximum atomic E-state index is 13.0. The first kappa shape index (κ1) is 15.6. The van der Waals surface area contributed by atoms with Gasteiger partial charge in [0.2, 0.25) is 0 Å². The van der Waals surface area contributed by atoms with Crippen molar-refractivity contribution in [3.8, 4) is 0 Å². The van der Waals surface area contributed by atoms with Gasteiger partial charge >= 0.3 is 12.0 Å². The number of likely N-dealkylation sites (tertiary alicyclic amines) is 1. The van der Waals surface area contributed by atoms with Crippen molar-refractivity contribution in [2.24, 2.45) is 5.92 Å². The van der Waals surface area contributed by atoms with Gasteiger partial charge < -0.3 is 15.3 Å². The van der Waals surface area contributed by atoms with E-state index in [9.17, 15) is 14.0 Å². The highest BCUT2D eigenvalue weighted by molar-refractivity contribution is 6.30. The van der Waals surface area contributed by atoms with Gasteiger partial charge in [-0.25, -0.2) is 9.18 Å². The quantitative estimate of drug-likeness (QED) is 0.900. The molecule has 0 radical (unpaired) electrons. The van der Waals surface area contributed by atoms with Crippen LogP contribution in [0.3, 0.4) is 0 Å². The number of halogens is 2. The molecule has 1 aliphatic heterocycles. The van der Waals surface area contributed by atoms with Gasteiger partial charge in [0, 0.05) is 19.6 Å². The van der Waals surface area contributed by atoms with E-state index in [-0.39, 0.29) is 24.1 Å². The second kappa shape index (κ2) is 6.76. The molecule has 114 valence electrons. The third-order valence-corrected chi connectivity index (χ3v) is 3.78. The van der Waals surface area contributed by atoms with Gasteiger partial charge in [0.25, 0.3) is 0 Å². The van der Waals surface area contributed by atoms with Gasteiger partial charge in [0.15, 0.2) is 0 Å². The fourth-order valence-electron chi connectivity index (χ4n) is 2.30. The zero-order valence-corrected chi connectivity index (χ0v) is 12.1. The van der Waals surface area contributed by atoms with E-state index in [0.717, 1.165) is 0 Å². The molecular weight excluding hydrogens is 299 g/mol. The molecule has 0 saturated carbocycles. The maximum Gasteiger partial charge on any atom is 0.317 e. The van der Waals surface area contributed by atoms with Crippen LogP contribution >= 0.6 is 11.6 Å². The number of carboxylic acids is 1. The number of benzene rings is 1. The lowest BCUT2D eigenvalue weighted by Gasteiger charge is -2.30. The Hall–Kier alpha value is -1.82. The van der Waals surface area contributed by atoms with Gasteiger partial charge in [-0.15, -0.1) is 0 Å². The highest BCUT2D eigenvalue weighted by atomic mass is 35.5. The zero-order valence-electron chi connectivity index (χ0n) is 11.3. The number of amides is 2. The predicted octanol–water partition coefficient (Wildman–Crippen LogP) is 2.49. The Morgan fingerprint density at radius 3 is 2.90 bits per heavy atom. The summed E-state index contributed by atoms with van der Waals surface area (Å²) in [5, 5.41) is 11.7. The van der Waals surface area contributed by atoms with Gasteiger partial charge in [-0.05, 0) is 30.5 Å². The molecule has 21 heavy (non-hydrogen) atoms. The van der Waals surface area contributed by atoms with Gasteiger partial charge in [0.05, 0.1) is 10.9 Å². The Bertz CT molecular complexity index is 553. The number of carbonyl (C=O) groups excluding carboxylic acids is 1. The molecule has 1 aromatic rings. The highest BCUT2D eigenvalue weighted by Gasteiger charge is 2.27. The average Bonchev–Trinajstić information content (AvgIpc) is 2.48. The Morgan fingerprint density at radius 1 is 1.48 bits per heavy atom. The molecule has 0 aromatic heterocycles. The van der Waals surface area contributed by atoms with E-state index in [4.69, 9.17) is 16.7 Å². The van der Waals surface area contributed by atoms with Crippen molar-refractivity contribution < 1.29 is 19.1 Å². The van der Waals surface area contributed by atoms with E-state index < -0.39 is 17.7 Å². The SMILES string of the molecule is O=C(O)[C@H]1CCCN(C(=O)NCc2ccc(F)c(Cl)c2)C1. The second-order valence-electron chi connectivity index (χ2n) is 5.03. The first-order chi connectivity index (χ1) is 9.97. The minimum absolute atomic E-state index is 0.00524. The van der Waals surface area contributed by atoms with E-state index in [2.05, 4.69) is 5.32 Å². The lowest BCUT2D eigenvalue weighted by atomic mass is 9.99. The monoisotopic (exact) mass is 314 g/mol. The molecule has 1 saturated heterocycles. The molecule has 1 fully saturated rings. The number of nitrogens with one attached hydrogen (secondary N) is 1. The Balaban J connectivity index is 1.89. The van der Waals surface area contributed by atoms with E-state index in [0.29, 0.717) is 24.9 Å². The number of hydrogen-bond acceptors (Lipinski definition) is 2. The largest absolute Gasteiger partial charge is 0.481 e. The number of nitrogens with zero attached hydrogens (tertiary/aromatic N) is 1. The van der Waals surface area contributed by atoms with Crippen LogP contribution in [-0.4, -0.2) is 35.1 Å². The van der Waals surface area contributed by atoms with Crippen LogP contribution in [0.1, 0.15) is 18.4 Å². The summed E-state index contributed by atoms with van der Waals surface area (Å²) in [7, 11) is 0. The van der Waals surface area contributed by atoms with Crippen molar-refractivity contribution in [1.82, 2.24) is 10.2 Å². The Labute approximate surface area is 126 Å². The van der Waals surface area contributed by atoms with Crippen molar-refractivity contribution in [2.45, 2.75) is 19.4 Å². The summed E-state index contributed by atoms with van der Waals surface area (Å²) >= 11 is 5.67. The number of piperidine rings is 1. The molecule has 7 heteroatoms. The summed E-state index contributed by atoms with van der Waals surface area (Å²) in [6, 6.07) is 3.91. The van der Waals surface area contributed by atoms with Crippen molar-refractivity contribution in [3.05, 3.63) is 34.6 Å². The molecule has 1 atom stereocenters. The number of aliphatic carboxylic acids is 1. The molecule has 0 bridgehead atoms. The molecule has 0 spiro atoms. The molecule has 5 nitrogen and oxygen atoms in total. The topological polar surface area (TPSA) is 69.6 Å². The van der Waals surface area contributed by atoms with E-state index in [1.165, 1.54) is 23.1 Å². The van der Waals surface area contributed by atoms with Gasteiger partial charge in [0.1, 0.15) is 5.82 Å². The summed E-state index contributed by atoms with van der Waals surface area (Å²) in [4.78, 5) is 24.5. The smallest absolute Gasteiger partial charge is 0.317 e. The molecular formula is C14H16ClFN2O3. The summed E-state index contributed by atoms with van der Waals surface area (Å²) in [5.41, 5.74) is 0.682. The molecule has 0 unspecified atom stereocenters. The van der Waals surface area contributed by atoms with Crippen molar-refractivity contribution in [3.63, 3.8) is 0 Å². The normalized spacial score (nSPS) is 18.4. The maximum absolute atomic E-state index is 13.0. The minimum Gasteiger partial charge on any atom is -0.481 e. The Morgan fingerprint density at radius 2 is 2.24 bits per heavy atom. The van der Waals surface area contributed by atoms with Crippen molar-refractivity contribution in [2.75, 3.05) is 13.1 Å². The molecule has 1 aromatic carbocycles. The molecule has 1 heterocycles. The van der Waals surface area contributed by atoms with Crippen LogP contribution in [0, 0.1) is 11.7 Å². The van der Waals surface area contributed by atoms with Crippen molar-refractivity contribution >= 4 is 23.6 Å². The third kappa shape index (κ3) is 4.07. The molecule has 2 amide bonds. The number of urea groups is 1. The van der Waals surface area contributed by atoms with Crippen molar-refractivity contribution in [1.29, 1.82) is 0 Å². The zero-order chi connectivity index (χ0) is 15.4. The first-order valence-corrected chi connectivity index (χ1v) is 7.04. The lowest BCUT2D eigenvalue weighted by Crippen LogP contribution is -2.46. The standard InChI is InChI=1S/C14H16ClFN2O3/c15-11-6-9(3-4-12(11)16)7-17-14(21)18-5-1-2-10(8-18)13(19)20/h3-4,6,10H,1-2,5,7-8H2,(H,17,21)(H,19,20)/t10-/m0/s1. The van der Waals surface area contributed by atoms with Crippen LogP contribution in [0.15, 0.2) is 18.2 Å². The fraction of sp³-hybridized carbons (Fsp3) is 0.429. The number of rotatable bonds is 3. The summed E-state index contributed by atoms with van der Waals surface area (Å²) in [5.74, 6) is -1.89. The minimum atomic E-state index is -0.877. The molecule has 1 aliphatic rings. The number of carboxylic acid groups (broad SMARTS) is 1. The summed E-state index contributed by atoms with van der Waals surface area (Å²) in [6.45, 7) is 0.970. The van der Waals surface area contributed by atoms with Gasteiger partial charge in [-0.1, -0.05) is 17.7 Å². The van der Waals surface area contributed by atoms with E-state index in [1.807, 2.05) is 0 Å². The molecule has 2 N–H and O–H groups in total. The Kier molecular flexibility index (Phi) is 5.01. The first-order valence-electron chi connectivity index (χ1n) is 6.67.